The van der Waals surface area contributed by atoms with Gasteiger partial charge in [0.1, 0.15) is 6.04 Å². The van der Waals surface area contributed by atoms with Crippen LogP contribution in [0.25, 0.3) is 0 Å². The molecule has 1 fully saturated rings. The van der Waals surface area contributed by atoms with E-state index in [2.05, 4.69) is 5.32 Å². The fourth-order valence-corrected chi connectivity index (χ4v) is 7.44. The number of hydrogen-bond acceptors (Lipinski definition) is 5. The van der Waals surface area contributed by atoms with Crippen LogP contribution in [0.2, 0.25) is 0 Å². The molecule has 0 saturated heterocycles. The van der Waals surface area contributed by atoms with Gasteiger partial charge in [0, 0.05) is 13.3 Å². The minimum Gasteiger partial charge on any atom is -0.344 e. The van der Waals surface area contributed by atoms with E-state index in [1.165, 1.54) is 42.7 Å². The molecule has 214 valence electrons. The van der Waals surface area contributed by atoms with Gasteiger partial charge in [-0.05, 0) is 35.4 Å². The Kier molecular flexibility index (Phi) is 11.0. The van der Waals surface area contributed by atoms with E-state index < -0.39 is 38.4 Å². The van der Waals surface area contributed by atoms with Gasteiger partial charge >= 0.3 is 15.2 Å². The number of rotatable bonds is 12. The molecule has 0 spiro atoms. The maximum absolute atomic E-state index is 13.7. The van der Waals surface area contributed by atoms with Crippen LogP contribution in [-0.4, -0.2) is 49.1 Å². The number of carbonyl (C=O) groups is 2. The van der Waals surface area contributed by atoms with Crippen LogP contribution in [0.5, 0.6) is 0 Å². The van der Waals surface area contributed by atoms with Crippen molar-refractivity contribution < 1.29 is 43.1 Å². The van der Waals surface area contributed by atoms with E-state index in [4.69, 9.17) is 4.84 Å². The van der Waals surface area contributed by atoms with E-state index in [-0.39, 0.29) is 18.5 Å². The summed E-state index contributed by atoms with van der Waals surface area (Å²) in [6, 6.07) is 13.5. The molecule has 2 amide bonds. The highest BCUT2D eigenvalue weighted by Crippen LogP contribution is 2.69. The Balaban J connectivity index is 1.82. The van der Waals surface area contributed by atoms with Crippen molar-refractivity contribution in [2.45, 2.75) is 63.4 Å². The first-order chi connectivity index (χ1) is 18.3. The van der Waals surface area contributed by atoms with Crippen molar-refractivity contribution >= 4 is 27.0 Å². The SMILES string of the molecule is CC(=O)NC(Cc1ccc(C(P(=O)(O)O)P(=O)(O)O)cc1)C(=O)N(Cc1ccccc1)OCC1CCCCC1. The molecule has 2 aromatic carbocycles. The van der Waals surface area contributed by atoms with Crippen molar-refractivity contribution in [3.05, 3.63) is 71.3 Å². The van der Waals surface area contributed by atoms with Crippen molar-refractivity contribution in [3.63, 3.8) is 0 Å². The number of hydrogen-bond donors (Lipinski definition) is 5. The van der Waals surface area contributed by atoms with E-state index in [1.54, 1.807) is 0 Å². The highest BCUT2D eigenvalue weighted by molar-refractivity contribution is 7.70. The zero-order chi connectivity index (χ0) is 28.6. The first kappa shape index (κ1) is 31.2. The molecular formula is C26H36N2O9P2. The number of hydroxylamine groups is 2. The summed E-state index contributed by atoms with van der Waals surface area (Å²) in [4.78, 5) is 69.7. The highest BCUT2D eigenvalue weighted by atomic mass is 31.2. The number of benzene rings is 2. The van der Waals surface area contributed by atoms with Gasteiger partial charge in [0.25, 0.3) is 5.91 Å². The third kappa shape index (κ3) is 9.65. The Morgan fingerprint density at radius 1 is 0.923 bits per heavy atom. The van der Waals surface area contributed by atoms with Crippen LogP contribution in [0.15, 0.2) is 54.6 Å². The molecule has 1 unspecified atom stereocenters. The maximum Gasteiger partial charge on any atom is 0.345 e. The Hall–Kier alpha value is -2.36. The van der Waals surface area contributed by atoms with Crippen molar-refractivity contribution in [1.82, 2.24) is 10.4 Å². The molecule has 1 aliphatic carbocycles. The second kappa shape index (κ2) is 13.8. The van der Waals surface area contributed by atoms with Crippen LogP contribution in [0.3, 0.4) is 0 Å². The quantitative estimate of drug-likeness (QED) is 0.185. The number of carbonyl (C=O) groups excluding carboxylic acids is 2. The molecule has 11 nitrogen and oxygen atoms in total. The molecule has 3 rings (SSSR count). The van der Waals surface area contributed by atoms with Crippen molar-refractivity contribution in [2.24, 2.45) is 5.92 Å². The molecule has 13 heteroatoms. The van der Waals surface area contributed by atoms with E-state index >= 15 is 0 Å². The summed E-state index contributed by atoms with van der Waals surface area (Å²) in [5, 5.41) is 1.64. The van der Waals surface area contributed by atoms with Gasteiger partial charge in [-0.15, -0.1) is 0 Å². The summed E-state index contributed by atoms with van der Waals surface area (Å²) in [6.45, 7) is 1.85. The summed E-state index contributed by atoms with van der Waals surface area (Å²) in [5.74, 6) is -0.551. The summed E-state index contributed by atoms with van der Waals surface area (Å²) in [7, 11) is -10.3. The molecule has 2 aromatic rings. The largest absolute Gasteiger partial charge is 0.345 e. The van der Waals surface area contributed by atoms with E-state index in [0.717, 1.165) is 31.2 Å². The molecule has 39 heavy (non-hydrogen) atoms. The lowest BCUT2D eigenvalue weighted by molar-refractivity contribution is -0.198. The standard InChI is InChI=1S/C26H36N2O9P2/c1-19(29)27-24(16-20-12-14-23(15-13-20)26(38(31,32)33)39(34,35)36)25(30)28(17-21-8-4-2-5-9-21)37-18-22-10-6-3-7-11-22/h2,4-5,8-9,12-15,22,24,26H,3,6-7,10-11,16-18H2,1H3,(H,27,29)(H2,31,32,33)(H2,34,35,36). The first-order valence-corrected chi connectivity index (χ1v) is 16.2. The Morgan fingerprint density at radius 2 is 1.51 bits per heavy atom. The van der Waals surface area contributed by atoms with Gasteiger partial charge in [-0.2, -0.15) is 0 Å². The van der Waals surface area contributed by atoms with Crippen LogP contribution >= 0.6 is 15.2 Å². The fraction of sp³-hybridized carbons (Fsp3) is 0.462. The average molecular weight is 583 g/mol. The Morgan fingerprint density at radius 3 is 2.05 bits per heavy atom. The van der Waals surface area contributed by atoms with Crippen LogP contribution in [0.1, 0.15) is 61.1 Å². The third-order valence-corrected chi connectivity index (χ3v) is 10.3. The summed E-state index contributed by atoms with van der Waals surface area (Å²) in [6.07, 6.45) is 5.51. The zero-order valence-corrected chi connectivity index (χ0v) is 23.5. The monoisotopic (exact) mass is 582 g/mol. The lowest BCUT2D eigenvalue weighted by atomic mass is 9.90. The van der Waals surface area contributed by atoms with Gasteiger partial charge in [0.05, 0.1) is 13.2 Å². The average Bonchev–Trinajstić information content (AvgIpc) is 2.86. The number of amides is 2. The van der Waals surface area contributed by atoms with Crippen LogP contribution in [-0.2, 0) is 36.5 Å². The summed E-state index contributed by atoms with van der Waals surface area (Å²) < 4.78 is 23.5. The molecule has 0 bridgehead atoms. The summed E-state index contributed by atoms with van der Waals surface area (Å²) in [5.41, 5.74) is 1.12. The van der Waals surface area contributed by atoms with Crippen molar-refractivity contribution in [2.75, 3.05) is 6.61 Å². The molecular weight excluding hydrogens is 546 g/mol. The fourth-order valence-electron chi connectivity index (χ4n) is 4.75. The molecule has 0 radical (unpaired) electrons. The number of nitrogens with zero attached hydrogens (tertiary/aromatic N) is 1. The minimum absolute atomic E-state index is 0.0211. The van der Waals surface area contributed by atoms with Gasteiger partial charge < -0.3 is 24.9 Å². The lowest BCUT2D eigenvalue weighted by Crippen LogP contribution is -2.49. The molecule has 0 aliphatic heterocycles. The first-order valence-electron chi connectivity index (χ1n) is 12.8. The van der Waals surface area contributed by atoms with Gasteiger partial charge in [-0.1, -0.05) is 73.9 Å². The van der Waals surface area contributed by atoms with Crippen LogP contribution < -0.4 is 5.32 Å². The molecule has 5 N–H and O–H groups in total. The predicted molar refractivity (Wildman–Crippen MR) is 144 cm³/mol. The van der Waals surface area contributed by atoms with Crippen LogP contribution in [0, 0.1) is 5.92 Å². The Bertz CT molecular complexity index is 1170. The van der Waals surface area contributed by atoms with E-state index in [1.807, 2.05) is 30.3 Å². The highest BCUT2D eigenvalue weighted by Gasteiger charge is 2.44. The molecule has 0 aromatic heterocycles. The zero-order valence-electron chi connectivity index (χ0n) is 21.8. The molecule has 1 aliphatic rings. The summed E-state index contributed by atoms with van der Waals surface area (Å²) >= 11 is 0. The molecule has 1 saturated carbocycles. The van der Waals surface area contributed by atoms with Gasteiger partial charge in [0.2, 0.25) is 5.91 Å². The van der Waals surface area contributed by atoms with Crippen molar-refractivity contribution in [1.29, 1.82) is 0 Å². The van der Waals surface area contributed by atoms with Gasteiger partial charge in [-0.3, -0.25) is 23.6 Å². The molecule has 1 atom stereocenters. The smallest absolute Gasteiger partial charge is 0.344 e. The van der Waals surface area contributed by atoms with Gasteiger partial charge in [0.15, 0.2) is 5.40 Å². The number of nitrogens with one attached hydrogen (secondary N) is 1. The van der Waals surface area contributed by atoms with Crippen molar-refractivity contribution in [3.8, 4) is 0 Å². The lowest BCUT2D eigenvalue weighted by Gasteiger charge is -2.30. The normalized spacial score (nSPS) is 15.6. The predicted octanol–water partition coefficient (Wildman–Crippen LogP) is 3.63. The molecule has 0 heterocycles. The maximum atomic E-state index is 13.7. The van der Waals surface area contributed by atoms with E-state index in [9.17, 15) is 38.3 Å². The second-order valence-electron chi connectivity index (χ2n) is 9.91. The minimum atomic E-state index is -5.16. The third-order valence-electron chi connectivity index (χ3n) is 6.64. The Labute approximate surface area is 227 Å². The van der Waals surface area contributed by atoms with Gasteiger partial charge in [-0.25, -0.2) is 5.06 Å². The van der Waals surface area contributed by atoms with E-state index in [0.29, 0.717) is 18.1 Å². The topological polar surface area (TPSA) is 174 Å². The second-order valence-corrected chi connectivity index (χ2v) is 13.7. The van der Waals surface area contributed by atoms with Crippen LogP contribution in [0.4, 0.5) is 0 Å².